The van der Waals surface area contributed by atoms with Gasteiger partial charge >= 0.3 is 0 Å². The van der Waals surface area contributed by atoms with Crippen LogP contribution in [-0.4, -0.2) is 5.78 Å². The van der Waals surface area contributed by atoms with Crippen molar-refractivity contribution in [1.29, 1.82) is 0 Å². The van der Waals surface area contributed by atoms with E-state index in [-0.39, 0.29) is 17.2 Å². The molecule has 0 amide bonds. The third-order valence-electron chi connectivity index (χ3n) is 3.14. The van der Waals surface area contributed by atoms with Crippen molar-refractivity contribution < 1.29 is 9.18 Å². The number of hydrogen-bond acceptors (Lipinski definition) is 1. The number of hydrogen-bond donors (Lipinski definition) is 0. The molecule has 0 aromatic heterocycles. The van der Waals surface area contributed by atoms with Gasteiger partial charge in [-0.25, -0.2) is 4.39 Å². The highest BCUT2D eigenvalue weighted by Gasteiger charge is 2.14. The van der Waals surface area contributed by atoms with Gasteiger partial charge < -0.3 is 0 Å². The highest BCUT2D eigenvalue weighted by atomic mass is 79.9. The van der Waals surface area contributed by atoms with E-state index in [1.165, 1.54) is 6.07 Å². The quantitative estimate of drug-likeness (QED) is 0.684. The zero-order valence-electron chi connectivity index (χ0n) is 11.1. The normalized spacial score (nSPS) is 10.7. The fraction of sp³-hybridized carbons (Fsp3) is 0.188. The third kappa shape index (κ3) is 3.10. The standard InChI is InChI=1S/C16H13BrClFO/c1-9-6-12(7-10(2)15(9)17)14(20)8-11-4-3-5-13(18)16(11)19/h3-7H,8H2,1-2H3. The van der Waals surface area contributed by atoms with Crippen molar-refractivity contribution in [3.63, 3.8) is 0 Å². The zero-order valence-corrected chi connectivity index (χ0v) is 13.5. The summed E-state index contributed by atoms with van der Waals surface area (Å²) >= 11 is 9.18. The first-order chi connectivity index (χ1) is 9.40. The van der Waals surface area contributed by atoms with Gasteiger partial charge in [0.15, 0.2) is 5.78 Å². The van der Waals surface area contributed by atoms with Crippen LogP contribution in [0.5, 0.6) is 0 Å². The number of carbonyl (C=O) groups is 1. The van der Waals surface area contributed by atoms with Gasteiger partial charge in [0.1, 0.15) is 5.82 Å². The first kappa shape index (κ1) is 15.2. The van der Waals surface area contributed by atoms with Crippen LogP contribution in [0, 0.1) is 19.7 Å². The molecular formula is C16H13BrClFO. The maximum atomic E-state index is 13.8. The van der Waals surface area contributed by atoms with Crippen molar-refractivity contribution in [2.75, 3.05) is 0 Å². The van der Waals surface area contributed by atoms with Crippen LogP contribution in [0.1, 0.15) is 27.0 Å². The molecular weight excluding hydrogens is 343 g/mol. The maximum absolute atomic E-state index is 13.8. The predicted octanol–water partition coefficient (Wildman–Crippen LogP) is 5.28. The van der Waals surface area contributed by atoms with Crippen LogP contribution < -0.4 is 0 Å². The SMILES string of the molecule is Cc1cc(C(=O)Cc2cccc(Cl)c2F)cc(C)c1Br. The molecule has 2 rings (SSSR count). The molecule has 0 saturated heterocycles. The van der Waals surface area contributed by atoms with Crippen molar-refractivity contribution in [1.82, 2.24) is 0 Å². The second-order valence-electron chi connectivity index (χ2n) is 4.74. The Kier molecular flexibility index (Phi) is 4.61. The molecule has 0 spiro atoms. The van der Waals surface area contributed by atoms with Gasteiger partial charge in [0.25, 0.3) is 0 Å². The average molecular weight is 356 g/mol. The molecule has 0 unspecified atom stereocenters. The second kappa shape index (κ2) is 6.06. The van der Waals surface area contributed by atoms with Crippen molar-refractivity contribution in [3.05, 3.63) is 67.9 Å². The molecule has 104 valence electrons. The summed E-state index contributed by atoms with van der Waals surface area (Å²) < 4.78 is 14.8. The van der Waals surface area contributed by atoms with Crippen molar-refractivity contribution in [2.45, 2.75) is 20.3 Å². The van der Waals surface area contributed by atoms with Crippen molar-refractivity contribution in [3.8, 4) is 0 Å². The average Bonchev–Trinajstić information content (AvgIpc) is 2.40. The molecule has 0 aliphatic carbocycles. The molecule has 2 aromatic rings. The number of halogens is 3. The summed E-state index contributed by atoms with van der Waals surface area (Å²) in [5, 5.41) is 0.0402. The van der Waals surface area contributed by atoms with E-state index in [4.69, 9.17) is 11.6 Å². The summed E-state index contributed by atoms with van der Waals surface area (Å²) in [6.45, 7) is 3.85. The lowest BCUT2D eigenvalue weighted by Crippen LogP contribution is -2.06. The topological polar surface area (TPSA) is 17.1 Å². The predicted molar refractivity (Wildman–Crippen MR) is 83.1 cm³/mol. The summed E-state index contributed by atoms with van der Waals surface area (Å²) in [4.78, 5) is 12.3. The van der Waals surface area contributed by atoms with Crippen LogP contribution >= 0.6 is 27.5 Å². The van der Waals surface area contributed by atoms with E-state index >= 15 is 0 Å². The van der Waals surface area contributed by atoms with E-state index in [1.54, 1.807) is 12.1 Å². The second-order valence-corrected chi connectivity index (χ2v) is 5.94. The Balaban J connectivity index is 2.31. The number of aryl methyl sites for hydroxylation is 2. The fourth-order valence-electron chi connectivity index (χ4n) is 2.07. The Labute approximate surface area is 130 Å². The lowest BCUT2D eigenvalue weighted by atomic mass is 9.99. The Morgan fingerprint density at radius 1 is 1.25 bits per heavy atom. The number of Topliss-reactive ketones (excluding diaryl/α,β-unsaturated/α-hetero) is 1. The van der Waals surface area contributed by atoms with Gasteiger partial charge in [0, 0.05) is 16.5 Å². The molecule has 0 saturated carbocycles. The molecule has 0 N–H and O–H groups in total. The summed E-state index contributed by atoms with van der Waals surface area (Å²) in [5.41, 5.74) is 2.88. The number of rotatable bonds is 3. The fourth-order valence-corrected chi connectivity index (χ4v) is 2.49. The molecule has 1 nitrogen and oxygen atoms in total. The van der Waals surface area contributed by atoms with Gasteiger partial charge in [-0.3, -0.25) is 4.79 Å². The minimum atomic E-state index is -0.520. The van der Waals surface area contributed by atoms with Gasteiger partial charge in [-0.2, -0.15) is 0 Å². The largest absolute Gasteiger partial charge is 0.294 e. The molecule has 0 atom stereocenters. The van der Waals surface area contributed by atoms with Crippen LogP contribution in [0.4, 0.5) is 4.39 Å². The van der Waals surface area contributed by atoms with Crippen LogP contribution in [0.25, 0.3) is 0 Å². The Morgan fingerprint density at radius 3 is 2.45 bits per heavy atom. The molecule has 0 heterocycles. The van der Waals surface area contributed by atoms with Crippen molar-refractivity contribution in [2.24, 2.45) is 0 Å². The van der Waals surface area contributed by atoms with Gasteiger partial charge in [-0.05, 0) is 48.7 Å². The van der Waals surface area contributed by atoms with E-state index in [9.17, 15) is 9.18 Å². The number of carbonyl (C=O) groups excluding carboxylic acids is 1. The maximum Gasteiger partial charge on any atom is 0.167 e. The minimum Gasteiger partial charge on any atom is -0.294 e. The highest BCUT2D eigenvalue weighted by Crippen LogP contribution is 2.24. The van der Waals surface area contributed by atoms with Crippen molar-refractivity contribution >= 4 is 33.3 Å². The summed E-state index contributed by atoms with van der Waals surface area (Å²) in [7, 11) is 0. The smallest absolute Gasteiger partial charge is 0.167 e. The van der Waals surface area contributed by atoms with Gasteiger partial charge in [0.05, 0.1) is 5.02 Å². The summed E-state index contributed by atoms with van der Waals surface area (Å²) in [6, 6.07) is 8.31. The number of benzene rings is 2. The lowest BCUT2D eigenvalue weighted by molar-refractivity contribution is 0.0991. The molecule has 0 bridgehead atoms. The molecule has 20 heavy (non-hydrogen) atoms. The third-order valence-corrected chi connectivity index (χ3v) is 4.68. The first-order valence-corrected chi connectivity index (χ1v) is 7.30. The lowest BCUT2D eigenvalue weighted by Gasteiger charge is -2.08. The van der Waals surface area contributed by atoms with Crippen LogP contribution in [0.2, 0.25) is 5.02 Å². The number of ketones is 1. The van der Waals surface area contributed by atoms with Gasteiger partial charge in [-0.1, -0.05) is 39.7 Å². The van der Waals surface area contributed by atoms with Gasteiger partial charge in [-0.15, -0.1) is 0 Å². The highest BCUT2D eigenvalue weighted by molar-refractivity contribution is 9.10. The van der Waals surface area contributed by atoms with E-state index in [2.05, 4.69) is 15.9 Å². The van der Waals surface area contributed by atoms with Crippen LogP contribution in [-0.2, 0) is 6.42 Å². The Bertz CT molecular complexity index is 659. The summed E-state index contributed by atoms with van der Waals surface area (Å²) in [6.07, 6.45) is 0.00685. The van der Waals surface area contributed by atoms with E-state index < -0.39 is 5.82 Å². The summed E-state index contributed by atoms with van der Waals surface area (Å²) in [5.74, 6) is -0.641. The monoisotopic (exact) mass is 354 g/mol. The molecule has 2 aromatic carbocycles. The minimum absolute atomic E-state index is 0.00685. The molecule has 0 aliphatic rings. The van der Waals surface area contributed by atoms with E-state index in [0.29, 0.717) is 11.1 Å². The molecule has 0 radical (unpaired) electrons. The van der Waals surface area contributed by atoms with Crippen LogP contribution in [0.15, 0.2) is 34.8 Å². The van der Waals surface area contributed by atoms with Crippen LogP contribution in [0.3, 0.4) is 0 Å². The molecule has 0 aliphatic heterocycles. The first-order valence-electron chi connectivity index (χ1n) is 6.13. The van der Waals surface area contributed by atoms with E-state index in [1.807, 2.05) is 26.0 Å². The molecule has 0 fully saturated rings. The Hall–Kier alpha value is -1.19. The molecule has 4 heteroatoms. The van der Waals surface area contributed by atoms with E-state index in [0.717, 1.165) is 15.6 Å². The zero-order chi connectivity index (χ0) is 14.9. The Morgan fingerprint density at radius 2 is 1.85 bits per heavy atom. The van der Waals surface area contributed by atoms with Gasteiger partial charge in [0.2, 0.25) is 0 Å².